The number of hydrogen-bond acceptors (Lipinski definition) is 1. The van der Waals surface area contributed by atoms with Gasteiger partial charge in [0, 0.05) is 5.25 Å². The fourth-order valence-corrected chi connectivity index (χ4v) is 2.94. The lowest BCUT2D eigenvalue weighted by Crippen LogP contribution is -2.06. The smallest absolute Gasteiger partial charge is 0.0151 e. The zero-order valence-electron chi connectivity index (χ0n) is 7.76. The lowest BCUT2D eigenvalue weighted by Gasteiger charge is -2.13. The van der Waals surface area contributed by atoms with Crippen LogP contribution in [0.4, 0.5) is 0 Å². The van der Waals surface area contributed by atoms with Gasteiger partial charge < -0.3 is 0 Å². The van der Waals surface area contributed by atoms with E-state index in [0.717, 1.165) is 11.2 Å². The molecule has 0 amide bonds. The zero-order valence-corrected chi connectivity index (χ0v) is 8.58. The van der Waals surface area contributed by atoms with Crippen molar-refractivity contribution in [3.8, 4) is 0 Å². The van der Waals surface area contributed by atoms with Crippen LogP contribution in [0.1, 0.15) is 40.0 Å². The number of thioether (sulfide) groups is 1. The Labute approximate surface area is 74.5 Å². The minimum absolute atomic E-state index is 0.812. The Morgan fingerprint density at radius 2 is 2.27 bits per heavy atom. The largest absolute Gasteiger partial charge is 0.127 e. The van der Waals surface area contributed by atoms with Gasteiger partial charge in [-0.2, -0.15) is 0 Å². The summed E-state index contributed by atoms with van der Waals surface area (Å²) in [4.78, 5) is 1.53. The number of unbranched alkanes of at least 4 members (excludes halogenated alkanes) is 1. The topological polar surface area (TPSA) is 0 Å². The number of allylic oxidation sites excluding steroid dienone is 2. The minimum Gasteiger partial charge on any atom is -0.127 e. The third kappa shape index (κ3) is 2.55. The van der Waals surface area contributed by atoms with Gasteiger partial charge in [0.1, 0.15) is 0 Å². The van der Waals surface area contributed by atoms with E-state index < -0.39 is 0 Å². The van der Waals surface area contributed by atoms with E-state index in [1.54, 1.807) is 0 Å². The van der Waals surface area contributed by atoms with Crippen molar-refractivity contribution in [2.24, 2.45) is 5.92 Å². The molecule has 0 saturated heterocycles. The molecule has 2 atom stereocenters. The molecule has 0 radical (unpaired) electrons. The molecule has 0 aromatic rings. The summed E-state index contributed by atoms with van der Waals surface area (Å²) < 4.78 is 0. The lowest BCUT2D eigenvalue weighted by atomic mass is 10.0. The van der Waals surface area contributed by atoms with Crippen LogP contribution < -0.4 is 0 Å². The van der Waals surface area contributed by atoms with Crippen molar-refractivity contribution in [1.82, 2.24) is 0 Å². The van der Waals surface area contributed by atoms with Gasteiger partial charge >= 0.3 is 0 Å². The van der Waals surface area contributed by atoms with Crippen molar-refractivity contribution in [2.75, 3.05) is 0 Å². The number of hydrogen-bond donors (Lipinski definition) is 0. The van der Waals surface area contributed by atoms with Crippen LogP contribution in [0.25, 0.3) is 0 Å². The molecule has 0 N–H and O–H groups in total. The van der Waals surface area contributed by atoms with Gasteiger partial charge in [0.25, 0.3) is 0 Å². The van der Waals surface area contributed by atoms with E-state index in [1.807, 2.05) is 0 Å². The van der Waals surface area contributed by atoms with Gasteiger partial charge in [-0.15, -0.1) is 11.8 Å². The van der Waals surface area contributed by atoms with E-state index in [2.05, 4.69) is 38.6 Å². The molecule has 64 valence electrons. The highest BCUT2D eigenvalue weighted by atomic mass is 32.2. The fourth-order valence-electron chi connectivity index (χ4n) is 1.59. The molecule has 0 fully saturated rings. The van der Waals surface area contributed by atoms with Crippen molar-refractivity contribution in [2.45, 2.75) is 45.3 Å². The molecule has 11 heavy (non-hydrogen) atoms. The highest BCUT2D eigenvalue weighted by Gasteiger charge is 2.21. The monoisotopic (exact) mass is 170 g/mol. The average molecular weight is 170 g/mol. The Bertz CT molecular complexity index is 149. The normalized spacial score (nSPS) is 30.6. The Morgan fingerprint density at radius 3 is 2.73 bits per heavy atom. The molecule has 0 bridgehead atoms. The maximum atomic E-state index is 2.41. The number of rotatable bonds is 3. The Balaban J connectivity index is 2.28. The second-order valence-electron chi connectivity index (χ2n) is 3.43. The van der Waals surface area contributed by atoms with Crippen LogP contribution in [0.15, 0.2) is 11.0 Å². The van der Waals surface area contributed by atoms with Gasteiger partial charge in [-0.3, -0.25) is 0 Å². The third-order valence-corrected chi connectivity index (χ3v) is 3.74. The maximum absolute atomic E-state index is 2.41. The van der Waals surface area contributed by atoms with Crippen LogP contribution in [0, 0.1) is 5.92 Å². The Morgan fingerprint density at radius 1 is 1.55 bits per heavy atom. The van der Waals surface area contributed by atoms with Crippen LogP contribution in [-0.2, 0) is 0 Å². The van der Waals surface area contributed by atoms with Crippen LogP contribution in [-0.4, -0.2) is 5.25 Å². The van der Waals surface area contributed by atoms with Gasteiger partial charge in [-0.25, -0.2) is 0 Å². The van der Waals surface area contributed by atoms with E-state index in [4.69, 9.17) is 0 Å². The fraction of sp³-hybridized carbons (Fsp3) is 0.800. The molecule has 1 heterocycles. The van der Waals surface area contributed by atoms with E-state index in [9.17, 15) is 0 Å². The summed E-state index contributed by atoms with van der Waals surface area (Å²) >= 11 is 2.07. The molecule has 0 aromatic carbocycles. The molecule has 1 aliphatic heterocycles. The summed E-state index contributed by atoms with van der Waals surface area (Å²) in [6.07, 6.45) is 6.53. The van der Waals surface area contributed by atoms with Gasteiger partial charge in [0.15, 0.2) is 0 Å². The van der Waals surface area contributed by atoms with Crippen molar-refractivity contribution >= 4 is 11.8 Å². The van der Waals surface area contributed by atoms with E-state index >= 15 is 0 Å². The highest BCUT2D eigenvalue weighted by Crippen LogP contribution is 2.38. The van der Waals surface area contributed by atoms with Crippen LogP contribution in [0.3, 0.4) is 0 Å². The van der Waals surface area contributed by atoms with Gasteiger partial charge in [-0.05, 0) is 24.2 Å². The SMILES string of the molecule is CCCCC1SC(C)=CC1C. The summed E-state index contributed by atoms with van der Waals surface area (Å²) in [6.45, 7) is 6.83. The lowest BCUT2D eigenvalue weighted by molar-refractivity contribution is 0.600. The molecule has 1 heteroatoms. The van der Waals surface area contributed by atoms with Crippen LogP contribution in [0.2, 0.25) is 0 Å². The molecule has 2 unspecified atom stereocenters. The minimum atomic E-state index is 0.812. The first-order valence-electron chi connectivity index (χ1n) is 4.59. The molecule has 0 nitrogen and oxygen atoms in total. The summed E-state index contributed by atoms with van der Waals surface area (Å²) in [7, 11) is 0. The molecule has 0 aliphatic carbocycles. The second kappa shape index (κ2) is 4.20. The first-order chi connectivity index (χ1) is 5.24. The van der Waals surface area contributed by atoms with Crippen LogP contribution in [0.5, 0.6) is 0 Å². The standard InChI is InChI=1S/C10H18S/c1-4-5-6-10-8(2)7-9(3)11-10/h7-8,10H,4-6H2,1-3H3. The molecule has 0 saturated carbocycles. The van der Waals surface area contributed by atoms with Crippen molar-refractivity contribution in [1.29, 1.82) is 0 Å². The van der Waals surface area contributed by atoms with Gasteiger partial charge in [0.2, 0.25) is 0 Å². The zero-order chi connectivity index (χ0) is 8.27. The Kier molecular flexibility index (Phi) is 3.50. The average Bonchev–Trinajstić information content (AvgIpc) is 2.26. The Hall–Kier alpha value is 0.0900. The van der Waals surface area contributed by atoms with Gasteiger partial charge in [0.05, 0.1) is 0 Å². The van der Waals surface area contributed by atoms with Crippen molar-refractivity contribution in [3.05, 3.63) is 11.0 Å². The van der Waals surface area contributed by atoms with Gasteiger partial charge in [-0.1, -0.05) is 32.8 Å². The molecular weight excluding hydrogens is 152 g/mol. The first kappa shape index (κ1) is 9.18. The van der Waals surface area contributed by atoms with Crippen molar-refractivity contribution in [3.63, 3.8) is 0 Å². The predicted octanol–water partition coefficient (Wildman–Crippen LogP) is 3.83. The molecule has 0 spiro atoms. The predicted molar refractivity (Wildman–Crippen MR) is 53.8 cm³/mol. The first-order valence-corrected chi connectivity index (χ1v) is 5.47. The maximum Gasteiger partial charge on any atom is 0.0151 e. The molecule has 0 aromatic heterocycles. The van der Waals surface area contributed by atoms with Crippen LogP contribution >= 0.6 is 11.8 Å². The summed E-state index contributed by atoms with van der Waals surface area (Å²) in [5.41, 5.74) is 0. The van der Waals surface area contributed by atoms with E-state index in [-0.39, 0.29) is 0 Å². The molecular formula is C10H18S. The highest BCUT2D eigenvalue weighted by molar-refractivity contribution is 8.03. The van der Waals surface area contributed by atoms with E-state index in [1.165, 1.54) is 24.2 Å². The summed E-state index contributed by atoms with van der Waals surface area (Å²) in [5, 5.41) is 0.884. The molecule has 1 aliphatic rings. The summed E-state index contributed by atoms with van der Waals surface area (Å²) in [5.74, 6) is 0.812. The molecule has 1 rings (SSSR count). The quantitative estimate of drug-likeness (QED) is 0.620. The van der Waals surface area contributed by atoms with Crippen molar-refractivity contribution < 1.29 is 0 Å². The third-order valence-electron chi connectivity index (χ3n) is 2.26. The summed E-state index contributed by atoms with van der Waals surface area (Å²) in [6, 6.07) is 0. The van der Waals surface area contributed by atoms with E-state index in [0.29, 0.717) is 0 Å². The second-order valence-corrected chi connectivity index (χ2v) is 4.92.